The van der Waals surface area contributed by atoms with Crippen LogP contribution in [0.1, 0.15) is 53.9 Å². The van der Waals surface area contributed by atoms with Crippen LogP contribution in [0.15, 0.2) is 4.99 Å². The standard InChI is InChI=1S/C18H39N3O3S/c1-7-19-17(20-13-16(8-10-22)12-15(2)3)21-14-18(4,5)9-11-25(6,23)24/h15-16,22H,7-14H2,1-6H3,(H2,19,20,21). The smallest absolute Gasteiger partial charge is 0.191 e. The number of aliphatic hydroxyl groups is 1. The molecule has 0 amide bonds. The summed E-state index contributed by atoms with van der Waals surface area (Å²) in [4.78, 5) is 4.63. The second kappa shape index (κ2) is 11.7. The third-order valence-electron chi connectivity index (χ3n) is 4.06. The number of hydrogen-bond acceptors (Lipinski definition) is 4. The van der Waals surface area contributed by atoms with E-state index in [-0.39, 0.29) is 17.8 Å². The number of rotatable bonds is 12. The molecule has 0 rings (SSSR count). The molecule has 0 saturated heterocycles. The first kappa shape index (κ1) is 24.2. The van der Waals surface area contributed by atoms with Gasteiger partial charge in [0.1, 0.15) is 9.84 Å². The number of aliphatic hydroxyl groups excluding tert-OH is 1. The molecular weight excluding hydrogens is 338 g/mol. The molecule has 0 radical (unpaired) electrons. The summed E-state index contributed by atoms with van der Waals surface area (Å²) in [5.41, 5.74) is -0.173. The molecule has 7 heteroatoms. The molecule has 0 fully saturated rings. The van der Waals surface area contributed by atoms with Crippen molar-refractivity contribution < 1.29 is 13.5 Å². The third kappa shape index (κ3) is 14.1. The van der Waals surface area contributed by atoms with Crippen LogP contribution in [0, 0.1) is 17.3 Å². The zero-order valence-electron chi connectivity index (χ0n) is 16.9. The summed E-state index contributed by atoms with van der Waals surface area (Å²) in [5.74, 6) is 1.94. The van der Waals surface area contributed by atoms with Gasteiger partial charge in [0, 0.05) is 32.5 Å². The van der Waals surface area contributed by atoms with Crippen LogP contribution < -0.4 is 10.6 Å². The van der Waals surface area contributed by atoms with Crippen LogP contribution in [-0.2, 0) is 9.84 Å². The second-order valence-electron chi connectivity index (χ2n) is 8.13. The van der Waals surface area contributed by atoms with Gasteiger partial charge in [0.05, 0.1) is 5.75 Å². The van der Waals surface area contributed by atoms with Crippen LogP contribution in [0.25, 0.3) is 0 Å². The second-order valence-corrected chi connectivity index (χ2v) is 10.4. The fourth-order valence-corrected chi connectivity index (χ4v) is 3.49. The van der Waals surface area contributed by atoms with E-state index in [9.17, 15) is 13.5 Å². The van der Waals surface area contributed by atoms with E-state index in [4.69, 9.17) is 0 Å². The van der Waals surface area contributed by atoms with E-state index in [0.717, 1.165) is 31.9 Å². The Bertz CT molecular complexity index is 488. The number of hydrogen-bond donors (Lipinski definition) is 3. The quantitative estimate of drug-likeness (QED) is 0.358. The molecule has 150 valence electrons. The molecule has 0 bridgehead atoms. The van der Waals surface area contributed by atoms with Crippen LogP contribution >= 0.6 is 0 Å². The van der Waals surface area contributed by atoms with E-state index < -0.39 is 9.84 Å². The first-order valence-corrected chi connectivity index (χ1v) is 11.4. The van der Waals surface area contributed by atoms with E-state index in [1.807, 2.05) is 20.8 Å². The lowest BCUT2D eigenvalue weighted by Crippen LogP contribution is -2.41. The van der Waals surface area contributed by atoms with Gasteiger partial charge in [0.15, 0.2) is 5.96 Å². The predicted molar refractivity (Wildman–Crippen MR) is 107 cm³/mol. The Morgan fingerprint density at radius 3 is 2.36 bits per heavy atom. The lowest BCUT2D eigenvalue weighted by atomic mass is 9.90. The molecule has 0 spiro atoms. The summed E-state index contributed by atoms with van der Waals surface area (Å²) < 4.78 is 22.7. The van der Waals surface area contributed by atoms with E-state index in [1.165, 1.54) is 6.26 Å². The van der Waals surface area contributed by atoms with Crippen LogP contribution in [0.5, 0.6) is 0 Å². The van der Waals surface area contributed by atoms with Crippen molar-refractivity contribution in [2.24, 2.45) is 22.2 Å². The van der Waals surface area contributed by atoms with Crippen LogP contribution in [-0.4, -0.2) is 57.7 Å². The summed E-state index contributed by atoms with van der Waals surface area (Å²) in [6.07, 6.45) is 3.71. The highest BCUT2D eigenvalue weighted by Crippen LogP contribution is 2.21. The molecular formula is C18H39N3O3S. The molecule has 1 unspecified atom stereocenters. The Balaban J connectivity index is 4.71. The molecule has 1 atom stereocenters. The molecule has 0 aromatic heterocycles. The minimum atomic E-state index is -2.95. The highest BCUT2D eigenvalue weighted by Gasteiger charge is 2.20. The SMILES string of the molecule is CCNC(=NCC(C)(C)CCS(C)(=O)=O)NCC(CCO)CC(C)C. The van der Waals surface area contributed by atoms with Crippen molar-refractivity contribution >= 4 is 15.8 Å². The fraction of sp³-hybridized carbons (Fsp3) is 0.944. The van der Waals surface area contributed by atoms with Gasteiger partial charge in [-0.1, -0.05) is 27.7 Å². The Morgan fingerprint density at radius 2 is 1.88 bits per heavy atom. The first-order valence-electron chi connectivity index (χ1n) is 9.30. The van der Waals surface area contributed by atoms with Gasteiger partial charge < -0.3 is 15.7 Å². The highest BCUT2D eigenvalue weighted by atomic mass is 32.2. The van der Waals surface area contributed by atoms with Crippen molar-refractivity contribution in [1.29, 1.82) is 0 Å². The van der Waals surface area contributed by atoms with Crippen molar-refractivity contribution in [3.8, 4) is 0 Å². The molecule has 0 aliphatic rings. The maximum Gasteiger partial charge on any atom is 0.191 e. The van der Waals surface area contributed by atoms with Crippen LogP contribution in [0.4, 0.5) is 0 Å². The molecule has 25 heavy (non-hydrogen) atoms. The van der Waals surface area contributed by atoms with Crippen LogP contribution in [0.3, 0.4) is 0 Å². The summed E-state index contributed by atoms with van der Waals surface area (Å²) in [6.45, 7) is 12.8. The molecule has 0 aliphatic heterocycles. The van der Waals surface area contributed by atoms with E-state index in [1.54, 1.807) is 0 Å². The van der Waals surface area contributed by atoms with E-state index >= 15 is 0 Å². The molecule has 0 aromatic carbocycles. The van der Waals surface area contributed by atoms with E-state index in [0.29, 0.717) is 24.8 Å². The predicted octanol–water partition coefficient (Wildman–Crippen LogP) is 2.05. The zero-order valence-corrected chi connectivity index (χ0v) is 17.7. The summed E-state index contributed by atoms with van der Waals surface area (Å²) in [5, 5.41) is 15.8. The fourth-order valence-electron chi connectivity index (χ4n) is 2.57. The Kier molecular flexibility index (Phi) is 11.3. The number of aliphatic imine (C=N–C) groups is 1. The summed E-state index contributed by atoms with van der Waals surface area (Å²) in [6, 6.07) is 0. The van der Waals surface area contributed by atoms with Gasteiger partial charge in [-0.25, -0.2) is 8.42 Å². The van der Waals surface area contributed by atoms with Crippen LogP contribution in [0.2, 0.25) is 0 Å². The number of sulfone groups is 1. The number of nitrogens with one attached hydrogen (secondary N) is 2. The molecule has 0 aromatic rings. The highest BCUT2D eigenvalue weighted by molar-refractivity contribution is 7.90. The Morgan fingerprint density at radius 1 is 1.24 bits per heavy atom. The summed E-state index contributed by atoms with van der Waals surface area (Å²) in [7, 11) is -2.95. The largest absolute Gasteiger partial charge is 0.396 e. The van der Waals surface area contributed by atoms with Gasteiger partial charge >= 0.3 is 0 Å². The molecule has 6 nitrogen and oxygen atoms in total. The lowest BCUT2D eigenvalue weighted by Gasteiger charge is -2.24. The molecule has 0 heterocycles. The minimum absolute atomic E-state index is 0.173. The average Bonchev–Trinajstić information content (AvgIpc) is 2.47. The number of nitrogens with zero attached hydrogens (tertiary/aromatic N) is 1. The van der Waals surface area contributed by atoms with Crippen molar-refractivity contribution in [2.75, 3.05) is 38.2 Å². The zero-order chi connectivity index (χ0) is 19.5. The molecule has 0 aliphatic carbocycles. The Hall–Kier alpha value is -0.820. The van der Waals surface area contributed by atoms with Crippen molar-refractivity contribution in [3.63, 3.8) is 0 Å². The topological polar surface area (TPSA) is 90.8 Å². The summed E-state index contributed by atoms with van der Waals surface area (Å²) >= 11 is 0. The van der Waals surface area contributed by atoms with Gasteiger partial charge in [-0.3, -0.25) is 4.99 Å². The maximum absolute atomic E-state index is 11.4. The van der Waals surface area contributed by atoms with Crippen molar-refractivity contribution in [3.05, 3.63) is 0 Å². The number of guanidine groups is 1. The van der Waals surface area contributed by atoms with Gasteiger partial charge in [-0.15, -0.1) is 0 Å². The third-order valence-corrected chi connectivity index (χ3v) is 5.01. The van der Waals surface area contributed by atoms with Crippen molar-refractivity contribution in [2.45, 2.75) is 53.9 Å². The van der Waals surface area contributed by atoms with Crippen molar-refractivity contribution in [1.82, 2.24) is 10.6 Å². The average molecular weight is 378 g/mol. The lowest BCUT2D eigenvalue weighted by molar-refractivity contribution is 0.242. The van der Waals surface area contributed by atoms with E-state index in [2.05, 4.69) is 29.5 Å². The maximum atomic E-state index is 11.4. The molecule has 3 N–H and O–H groups in total. The molecule has 0 saturated carbocycles. The Labute approximate surface area is 154 Å². The first-order chi connectivity index (χ1) is 11.5. The minimum Gasteiger partial charge on any atom is -0.396 e. The monoisotopic (exact) mass is 377 g/mol. The van der Waals surface area contributed by atoms with Gasteiger partial charge in [0.2, 0.25) is 0 Å². The van der Waals surface area contributed by atoms with Gasteiger partial charge in [-0.05, 0) is 43.4 Å². The normalized spacial score (nSPS) is 14.6. The van der Waals surface area contributed by atoms with Gasteiger partial charge in [0.25, 0.3) is 0 Å². The van der Waals surface area contributed by atoms with Gasteiger partial charge in [-0.2, -0.15) is 0 Å².